The normalized spacial score (nSPS) is 26.6. The molecule has 120 valence electrons. The SMILES string of the molecule is CC[C@]1(C)C(CC(=O)Oc2c(C)cc(C(=O)O)cc2C)[C@@H]1C. The maximum atomic E-state index is 12.2. The summed E-state index contributed by atoms with van der Waals surface area (Å²) in [6.07, 6.45) is 1.49. The van der Waals surface area contributed by atoms with Gasteiger partial charge in [0.1, 0.15) is 5.75 Å². The molecule has 0 spiro atoms. The Labute approximate surface area is 131 Å². The minimum absolute atomic E-state index is 0.212. The van der Waals surface area contributed by atoms with Gasteiger partial charge in [-0.25, -0.2) is 4.79 Å². The van der Waals surface area contributed by atoms with E-state index in [-0.39, 0.29) is 16.9 Å². The van der Waals surface area contributed by atoms with E-state index in [1.54, 1.807) is 13.8 Å². The molecule has 22 heavy (non-hydrogen) atoms. The van der Waals surface area contributed by atoms with Crippen molar-refractivity contribution in [3.8, 4) is 5.75 Å². The molecule has 0 aliphatic heterocycles. The molecule has 0 saturated heterocycles. The molecule has 1 saturated carbocycles. The smallest absolute Gasteiger partial charge is 0.335 e. The van der Waals surface area contributed by atoms with E-state index >= 15 is 0 Å². The summed E-state index contributed by atoms with van der Waals surface area (Å²) in [6, 6.07) is 3.07. The molecule has 1 aliphatic carbocycles. The lowest BCUT2D eigenvalue weighted by atomic mass is 10.0. The van der Waals surface area contributed by atoms with Gasteiger partial charge in [0.15, 0.2) is 0 Å². The summed E-state index contributed by atoms with van der Waals surface area (Å²) >= 11 is 0. The number of carbonyl (C=O) groups is 2. The van der Waals surface area contributed by atoms with Gasteiger partial charge in [-0.05, 0) is 54.4 Å². The maximum Gasteiger partial charge on any atom is 0.335 e. The van der Waals surface area contributed by atoms with Gasteiger partial charge in [0, 0.05) is 6.42 Å². The van der Waals surface area contributed by atoms with Crippen LogP contribution in [0.1, 0.15) is 55.1 Å². The van der Waals surface area contributed by atoms with Gasteiger partial charge < -0.3 is 9.84 Å². The first kappa shape index (κ1) is 16.5. The van der Waals surface area contributed by atoms with Crippen molar-refractivity contribution in [1.82, 2.24) is 0 Å². The zero-order chi connectivity index (χ0) is 16.7. The maximum absolute atomic E-state index is 12.2. The Balaban J connectivity index is 2.08. The lowest BCUT2D eigenvalue weighted by molar-refractivity contribution is -0.135. The second kappa shape index (κ2) is 5.75. The predicted octanol–water partition coefficient (Wildman–Crippen LogP) is 3.98. The molecule has 0 radical (unpaired) electrons. The van der Waals surface area contributed by atoms with Crippen molar-refractivity contribution < 1.29 is 19.4 Å². The number of carboxylic acids is 1. The van der Waals surface area contributed by atoms with Gasteiger partial charge in [0.05, 0.1) is 5.56 Å². The molecule has 0 heterocycles. The van der Waals surface area contributed by atoms with Crippen LogP contribution in [-0.2, 0) is 4.79 Å². The lowest BCUT2D eigenvalue weighted by Crippen LogP contribution is -2.13. The quantitative estimate of drug-likeness (QED) is 0.660. The topological polar surface area (TPSA) is 63.6 Å². The van der Waals surface area contributed by atoms with Crippen LogP contribution >= 0.6 is 0 Å². The fourth-order valence-electron chi connectivity index (χ4n) is 3.47. The standard InChI is InChI=1S/C18H24O4/c1-6-18(5)12(4)14(18)9-15(19)22-16-10(2)7-13(17(20)21)8-11(16)3/h7-8,12,14H,6,9H2,1-5H3,(H,20,21)/t12-,14?,18-/m0/s1. The fourth-order valence-corrected chi connectivity index (χ4v) is 3.47. The number of benzene rings is 1. The number of aryl methyl sites for hydroxylation is 2. The Kier molecular flexibility index (Phi) is 4.32. The monoisotopic (exact) mass is 304 g/mol. The van der Waals surface area contributed by atoms with Gasteiger partial charge in [-0.15, -0.1) is 0 Å². The van der Waals surface area contributed by atoms with Crippen LogP contribution in [0, 0.1) is 31.1 Å². The first-order valence-corrected chi connectivity index (χ1v) is 7.76. The van der Waals surface area contributed by atoms with Crippen LogP contribution in [0.2, 0.25) is 0 Å². The Morgan fingerprint density at radius 2 is 1.82 bits per heavy atom. The summed E-state index contributed by atoms with van der Waals surface area (Å²) in [5, 5.41) is 9.04. The summed E-state index contributed by atoms with van der Waals surface area (Å²) in [5.41, 5.74) is 1.81. The van der Waals surface area contributed by atoms with E-state index in [4.69, 9.17) is 9.84 Å². The van der Waals surface area contributed by atoms with Crippen LogP contribution in [0.15, 0.2) is 12.1 Å². The van der Waals surface area contributed by atoms with Crippen molar-refractivity contribution in [3.05, 3.63) is 28.8 Å². The molecule has 1 N–H and O–H groups in total. The second-order valence-corrected chi connectivity index (χ2v) is 6.68. The molecule has 2 rings (SSSR count). The summed E-state index contributed by atoms with van der Waals surface area (Å²) in [7, 11) is 0. The molecule has 4 heteroatoms. The van der Waals surface area contributed by atoms with Crippen LogP contribution < -0.4 is 4.74 Å². The van der Waals surface area contributed by atoms with Crippen LogP contribution in [0.25, 0.3) is 0 Å². The average molecular weight is 304 g/mol. The van der Waals surface area contributed by atoms with E-state index < -0.39 is 5.97 Å². The Hall–Kier alpha value is -1.84. The molecule has 1 aromatic carbocycles. The van der Waals surface area contributed by atoms with Gasteiger partial charge in [-0.2, -0.15) is 0 Å². The number of hydrogen-bond donors (Lipinski definition) is 1. The minimum atomic E-state index is -0.977. The Morgan fingerprint density at radius 1 is 1.27 bits per heavy atom. The van der Waals surface area contributed by atoms with E-state index in [2.05, 4.69) is 20.8 Å². The van der Waals surface area contributed by atoms with Crippen molar-refractivity contribution in [2.75, 3.05) is 0 Å². The van der Waals surface area contributed by atoms with Crippen LogP contribution in [0.4, 0.5) is 0 Å². The summed E-state index contributed by atoms with van der Waals surface area (Å²) in [6.45, 7) is 10.1. The largest absolute Gasteiger partial charge is 0.478 e. The fraction of sp³-hybridized carbons (Fsp3) is 0.556. The van der Waals surface area contributed by atoms with Crippen molar-refractivity contribution >= 4 is 11.9 Å². The molecule has 1 unspecified atom stereocenters. The molecular weight excluding hydrogens is 280 g/mol. The Bertz CT molecular complexity index is 597. The van der Waals surface area contributed by atoms with Crippen LogP contribution in [0.3, 0.4) is 0 Å². The molecule has 1 fully saturated rings. The summed E-state index contributed by atoms with van der Waals surface area (Å²) < 4.78 is 5.52. The van der Waals surface area contributed by atoms with Gasteiger partial charge >= 0.3 is 11.9 Å². The number of carbonyl (C=O) groups excluding carboxylic acids is 1. The van der Waals surface area contributed by atoms with Gasteiger partial charge in [-0.3, -0.25) is 4.79 Å². The molecule has 3 atom stereocenters. The highest BCUT2D eigenvalue weighted by molar-refractivity contribution is 5.88. The molecule has 0 bridgehead atoms. The van der Waals surface area contributed by atoms with Crippen LogP contribution in [-0.4, -0.2) is 17.0 Å². The first-order chi connectivity index (χ1) is 10.2. The minimum Gasteiger partial charge on any atom is -0.478 e. The van der Waals surface area contributed by atoms with Gasteiger partial charge in [0.25, 0.3) is 0 Å². The first-order valence-electron chi connectivity index (χ1n) is 7.76. The molecule has 0 aromatic heterocycles. The molecule has 0 amide bonds. The van der Waals surface area contributed by atoms with Crippen molar-refractivity contribution in [3.63, 3.8) is 0 Å². The Morgan fingerprint density at radius 3 is 2.23 bits per heavy atom. The summed E-state index contributed by atoms with van der Waals surface area (Å²) in [4.78, 5) is 23.2. The number of aromatic carboxylic acids is 1. The second-order valence-electron chi connectivity index (χ2n) is 6.68. The van der Waals surface area contributed by atoms with E-state index in [0.717, 1.165) is 6.42 Å². The average Bonchev–Trinajstić information content (AvgIpc) is 2.96. The number of esters is 1. The van der Waals surface area contributed by atoms with Gasteiger partial charge in [-0.1, -0.05) is 27.2 Å². The number of carboxylic acid groups (broad SMARTS) is 1. The van der Waals surface area contributed by atoms with E-state index in [9.17, 15) is 9.59 Å². The molecule has 1 aromatic rings. The highest BCUT2D eigenvalue weighted by Gasteiger charge is 2.57. The van der Waals surface area contributed by atoms with Crippen molar-refractivity contribution in [1.29, 1.82) is 0 Å². The third kappa shape index (κ3) is 2.87. The van der Waals surface area contributed by atoms with Crippen LogP contribution in [0.5, 0.6) is 5.75 Å². The van der Waals surface area contributed by atoms with E-state index in [1.807, 2.05) is 0 Å². The lowest BCUT2D eigenvalue weighted by Gasteiger charge is -2.12. The molecule has 1 aliphatic rings. The highest BCUT2D eigenvalue weighted by atomic mass is 16.5. The van der Waals surface area contributed by atoms with E-state index in [0.29, 0.717) is 35.1 Å². The third-order valence-corrected chi connectivity index (χ3v) is 5.45. The summed E-state index contributed by atoms with van der Waals surface area (Å²) in [5.74, 6) is 0.199. The van der Waals surface area contributed by atoms with Crippen molar-refractivity contribution in [2.24, 2.45) is 17.3 Å². The zero-order valence-corrected chi connectivity index (χ0v) is 13.9. The van der Waals surface area contributed by atoms with Gasteiger partial charge in [0.2, 0.25) is 0 Å². The van der Waals surface area contributed by atoms with Crippen molar-refractivity contribution in [2.45, 2.75) is 47.5 Å². The number of hydrogen-bond acceptors (Lipinski definition) is 3. The molecular formula is C18H24O4. The number of rotatable bonds is 5. The van der Waals surface area contributed by atoms with E-state index in [1.165, 1.54) is 12.1 Å². The highest BCUT2D eigenvalue weighted by Crippen LogP contribution is 2.62. The predicted molar refractivity (Wildman–Crippen MR) is 84.2 cm³/mol. The number of ether oxygens (including phenoxy) is 1. The zero-order valence-electron chi connectivity index (χ0n) is 13.9. The molecule has 4 nitrogen and oxygen atoms in total. The third-order valence-electron chi connectivity index (χ3n) is 5.45.